The summed E-state index contributed by atoms with van der Waals surface area (Å²) in [5, 5.41) is 0. The van der Waals surface area contributed by atoms with Crippen LogP contribution in [0.4, 0.5) is 28.4 Å². The van der Waals surface area contributed by atoms with E-state index in [0.717, 1.165) is 56.4 Å². The minimum absolute atomic E-state index is 0.303. The molecule has 6 aromatic carbocycles. The Kier molecular flexibility index (Phi) is 7.36. The first-order valence-corrected chi connectivity index (χ1v) is 17.4. The predicted octanol–water partition coefficient (Wildman–Crippen LogP) is 10.9. The van der Waals surface area contributed by atoms with Crippen LogP contribution >= 0.6 is 0 Å². The minimum Gasteiger partial charge on any atom is -0.485 e. The quantitative estimate of drug-likeness (QED) is 0.166. The number of esters is 1. The summed E-state index contributed by atoms with van der Waals surface area (Å²) in [4.78, 5) is 18.2. The van der Waals surface area contributed by atoms with Crippen molar-refractivity contribution in [3.63, 3.8) is 0 Å². The molecule has 1 spiro atoms. The maximum Gasteiger partial charge on any atom is 0.339 e. The smallest absolute Gasteiger partial charge is 0.339 e. The van der Waals surface area contributed by atoms with Crippen molar-refractivity contribution in [3.05, 3.63) is 203 Å². The Hall–Kier alpha value is -6.33. The fourth-order valence-electron chi connectivity index (χ4n) is 7.97. The zero-order valence-corrected chi connectivity index (χ0v) is 28.4. The number of carbonyl (C=O) groups excluding carboxylic acids is 1. The van der Waals surface area contributed by atoms with Crippen molar-refractivity contribution in [1.82, 2.24) is 0 Å². The molecule has 248 valence electrons. The first kappa shape index (κ1) is 30.7. The van der Waals surface area contributed by atoms with Gasteiger partial charge in [-0.25, -0.2) is 4.79 Å². The van der Waals surface area contributed by atoms with Crippen molar-refractivity contribution in [2.45, 2.75) is 25.6 Å². The summed E-state index contributed by atoms with van der Waals surface area (Å²) in [6.07, 6.45) is 6.07. The molecular formula is C46H36N2O3. The number of fused-ring (bicyclic) bond motifs is 6. The highest BCUT2D eigenvalue weighted by atomic mass is 16.6. The molecule has 5 heteroatoms. The van der Waals surface area contributed by atoms with Crippen LogP contribution in [-0.4, -0.2) is 12.1 Å². The SMILES string of the molecule is Cc1ccccc1N(C1=CC2Oc3cc(N(c4ccccc4)c4ccccc4C)ccc3C3(OC(=O)c4ccccc43)C2C=C1)c1ccccc1. The fourth-order valence-corrected chi connectivity index (χ4v) is 7.97. The van der Waals surface area contributed by atoms with Crippen molar-refractivity contribution in [3.8, 4) is 5.75 Å². The normalized spacial score (nSPS) is 19.6. The Morgan fingerprint density at radius 1 is 0.588 bits per heavy atom. The zero-order valence-electron chi connectivity index (χ0n) is 28.4. The number of aryl methyl sites for hydroxylation is 2. The number of benzene rings is 6. The lowest BCUT2D eigenvalue weighted by Crippen LogP contribution is -2.49. The van der Waals surface area contributed by atoms with Gasteiger partial charge in [-0.15, -0.1) is 0 Å². The van der Waals surface area contributed by atoms with Gasteiger partial charge in [-0.05, 0) is 91.7 Å². The van der Waals surface area contributed by atoms with Crippen LogP contribution < -0.4 is 14.5 Å². The number of allylic oxidation sites excluding steroid dienone is 1. The molecule has 0 bridgehead atoms. The Morgan fingerprint density at radius 2 is 1.18 bits per heavy atom. The molecule has 6 aromatic rings. The van der Waals surface area contributed by atoms with Crippen LogP contribution in [0, 0.1) is 19.8 Å². The summed E-state index contributed by atoms with van der Waals surface area (Å²) in [7, 11) is 0. The van der Waals surface area contributed by atoms with Crippen molar-refractivity contribution in [2.75, 3.05) is 9.80 Å². The summed E-state index contributed by atoms with van der Waals surface area (Å²) in [5.41, 5.74) is 9.70. The third kappa shape index (κ3) is 4.96. The van der Waals surface area contributed by atoms with Gasteiger partial charge in [0.1, 0.15) is 11.9 Å². The lowest BCUT2D eigenvalue weighted by Gasteiger charge is -2.46. The molecule has 0 saturated carbocycles. The highest BCUT2D eigenvalue weighted by molar-refractivity contribution is 5.96. The van der Waals surface area contributed by atoms with Gasteiger partial charge in [0.2, 0.25) is 0 Å². The molecule has 2 aliphatic heterocycles. The second-order valence-electron chi connectivity index (χ2n) is 13.3. The summed E-state index contributed by atoms with van der Waals surface area (Å²) in [6, 6.07) is 51.6. The van der Waals surface area contributed by atoms with Gasteiger partial charge in [0, 0.05) is 51.3 Å². The minimum atomic E-state index is -1.07. The number of carbonyl (C=O) groups is 1. The molecule has 3 aliphatic rings. The van der Waals surface area contributed by atoms with Crippen molar-refractivity contribution in [2.24, 2.45) is 5.92 Å². The monoisotopic (exact) mass is 664 g/mol. The van der Waals surface area contributed by atoms with Crippen LogP contribution in [0.25, 0.3) is 0 Å². The third-order valence-corrected chi connectivity index (χ3v) is 10.3. The number of hydrogen-bond donors (Lipinski definition) is 0. The number of rotatable bonds is 6. The molecule has 3 atom stereocenters. The van der Waals surface area contributed by atoms with Gasteiger partial charge in [0.15, 0.2) is 5.60 Å². The molecule has 0 radical (unpaired) electrons. The second-order valence-corrected chi connectivity index (χ2v) is 13.3. The van der Waals surface area contributed by atoms with E-state index in [2.05, 4.69) is 157 Å². The molecule has 9 rings (SSSR count). The highest BCUT2D eigenvalue weighted by Crippen LogP contribution is 2.57. The van der Waals surface area contributed by atoms with E-state index in [1.54, 1.807) is 0 Å². The largest absolute Gasteiger partial charge is 0.485 e. The number of nitrogens with zero attached hydrogens (tertiary/aromatic N) is 2. The number of anilines is 5. The van der Waals surface area contributed by atoms with Crippen LogP contribution in [0.2, 0.25) is 0 Å². The van der Waals surface area contributed by atoms with Crippen LogP contribution in [0.3, 0.4) is 0 Å². The molecule has 0 aromatic heterocycles. The van der Waals surface area contributed by atoms with E-state index in [9.17, 15) is 4.79 Å². The van der Waals surface area contributed by atoms with Gasteiger partial charge < -0.3 is 19.3 Å². The standard InChI is InChI=1S/C46H36N2O3/c1-31-15-9-13-23-41(31)47(33-17-5-3-6-18-33)35-25-27-39-43(29-35)50-44-30-36(48(34-19-7-4-8-20-34)42-24-14-10-16-32(42)2)26-28-40(44)46(39)38-22-12-11-21-37(38)45(49)51-46/h3-30,39,43H,1-2H3. The second kappa shape index (κ2) is 12.2. The van der Waals surface area contributed by atoms with E-state index < -0.39 is 11.7 Å². The van der Waals surface area contributed by atoms with E-state index in [1.165, 1.54) is 0 Å². The third-order valence-electron chi connectivity index (χ3n) is 10.3. The van der Waals surface area contributed by atoms with Gasteiger partial charge in [0.05, 0.1) is 11.5 Å². The Balaban J connectivity index is 1.23. The molecular weight excluding hydrogens is 629 g/mol. The molecule has 0 fully saturated rings. The summed E-state index contributed by atoms with van der Waals surface area (Å²) >= 11 is 0. The van der Waals surface area contributed by atoms with Gasteiger partial charge in [-0.3, -0.25) is 0 Å². The van der Waals surface area contributed by atoms with E-state index in [0.29, 0.717) is 11.3 Å². The Morgan fingerprint density at radius 3 is 1.86 bits per heavy atom. The molecule has 5 nitrogen and oxygen atoms in total. The van der Waals surface area contributed by atoms with E-state index in [-0.39, 0.29) is 11.9 Å². The molecule has 2 heterocycles. The van der Waals surface area contributed by atoms with Crippen LogP contribution in [0.15, 0.2) is 176 Å². The lowest BCUT2D eigenvalue weighted by molar-refractivity contribution is -0.0417. The Labute approximate surface area is 298 Å². The topological polar surface area (TPSA) is 42.0 Å². The summed E-state index contributed by atoms with van der Waals surface area (Å²) in [6.45, 7) is 4.26. The van der Waals surface area contributed by atoms with Crippen molar-refractivity contribution >= 4 is 34.4 Å². The molecule has 3 unspecified atom stereocenters. The zero-order chi connectivity index (χ0) is 34.5. The molecule has 0 amide bonds. The van der Waals surface area contributed by atoms with E-state index in [4.69, 9.17) is 9.47 Å². The summed E-state index contributed by atoms with van der Waals surface area (Å²) in [5.74, 6) is 0.0604. The summed E-state index contributed by atoms with van der Waals surface area (Å²) < 4.78 is 13.7. The Bertz CT molecular complexity index is 2350. The van der Waals surface area contributed by atoms with Gasteiger partial charge in [-0.2, -0.15) is 0 Å². The van der Waals surface area contributed by atoms with E-state index in [1.807, 2.05) is 36.4 Å². The number of ether oxygens (including phenoxy) is 2. The first-order chi connectivity index (χ1) is 25.0. The van der Waals surface area contributed by atoms with Crippen LogP contribution in [-0.2, 0) is 10.3 Å². The molecule has 0 saturated heterocycles. The van der Waals surface area contributed by atoms with Gasteiger partial charge in [-0.1, -0.05) is 97.1 Å². The van der Waals surface area contributed by atoms with Gasteiger partial charge >= 0.3 is 5.97 Å². The molecule has 0 N–H and O–H groups in total. The number of para-hydroxylation sites is 4. The first-order valence-electron chi connectivity index (χ1n) is 17.4. The maximum absolute atomic E-state index is 13.7. The van der Waals surface area contributed by atoms with Crippen LogP contribution in [0.1, 0.15) is 32.6 Å². The lowest BCUT2D eigenvalue weighted by atomic mass is 9.70. The average molecular weight is 665 g/mol. The average Bonchev–Trinajstić information content (AvgIpc) is 3.46. The molecule has 1 aliphatic carbocycles. The van der Waals surface area contributed by atoms with E-state index >= 15 is 0 Å². The van der Waals surface area contributed by atoms with Crippen LogP contribution in [0.5, 0.6) is 5.75 Å². The van der Waals surface area contributed by atoms with Crippen molar-refractivity contribution in [1.29, 1.82) is 0 Å². The fraction of sp³-hybridized carbons (Fsp3) is 0.109. The maximum atomic E-state index is 13.7. The number of hydrogen-bond acceptors (Lipinski definition) is 5. The van der Waals surface area contributed by atoms with Crippen molar-refractivity contribution < 1.29 is 14.3 Å². The highest BCUT2D eigenvalue weighted by Gasteiger charge is 2.58. The predicted molar refractivity (Wildman–Crippen MR) is 203 cm³/mol. The van der Waals surface area contributed by atoms with Gasteiger partial charge in [0.25, 0.3) is 0 Å². The molecule has 51 heavy (non-hydrogen) atoms.